The molecule has 1 unspecified atom stereocenters. The van der Waals surface area contributed by atoms with Crippen molar-refractivity contribution in [2.45, 2.75) is 26.8 Å². The summed E-state index contributed by atoms with van der Waals surface area (Å²) in [6.07, 6.45) is 0. The van der Waals surface area contributed by atoms with Crippen molar-refractivity contribution in [1.29, 1.82) is 0 Å². The van der Waals surface area contributed by atoms with E-state index in [1.807, 2.05) is 61.5 Å². The fraction of sp³-hybridized carbons (Fsp3) is 0.214. The van der Waals surface area contributed by atoms with Crippen LogP contribution in [0.2, 0.25) is 0 Å². The van der Waals surface area contributed by atoms with Gasteiger partial charge in [0.15, 0.2) is 11.5 Å². The number of nitrogens with one attached hydrogen (secondary N) is 2. The minimum Gasteiger partial charge on any atom is -0.493 e. The summed E-state index contributed by atoms with van der Waals surface area (Å²) in [5, 5.41) is 7.53. The monoisotopic (exact) mass is 487 g/mol. The first kappa shape index (κ1) is 24.3. The molecule has 0 radical (unpaired) electrons. The topological polar surface area (TPSA) is 72.5 Å². The Morgan fingerprint density at radius 2 is 1.66 bits per heavy atom. The second kappa shape index (κ2) is 10.6. The molecule has 2 aromatic heterocycles. The normalized spacial score (nSPS) is 11.6. The Balaban J connectivity index is 1.86. The highest BCUT2D eigenvalue weighted by Gasteiger charge is 2.28. The van der Waals surface area contributed by atoms with E-state index in [1.165, 1.54) is 0 Å². The number of anilines is 2. The van der Waals surface area contributed by atoms with Gasteiger partial charge in [0.1, 0.15) is 10.8 Å². The first-order valence-electron chi connectivity index (χ1n) is 11.3. The van der Waals surface area contributed by atoms with Gasteiger partial charge in [-0.1, -0.05) is 36.4 Å². The predicted octanol–water partition coefficient (Wildman–Crippen LogP) is 6.54. The number of carbonyl (C=O) groups excluding carboxylic acids is 1. The third kappa shape index (κ3) is 5.15. The number of nitrogens with zero attached hydrogens (tertiary/aromatic N) is 1. The number of amides is 1. The van der Waals surface area contributed by atoms with Crippen molar-refractivity contribution in [2.75, 3.05) is 24.9 Å². The number of para-hydroxylation sites is 1. The van der Waals surface area contributed by atoms with Gasteiger partial charge in [0, 0.05) is 27.3 Å². The van der Waals surface area contributed by atoms with Gasteiger partial charge in [0.2, 0.25) is 0 Å². The van der Waals surface area contributed by atoms with Gasteiger partial charge in [-0.3, -0.25) is 4.79 Å². The Kier molecular flexibility index (Phi) is 7.36. The Morgan fingerprint density at radius 1 is 0.914 bits per heavy atom. The average Bonchev–Trinajstić information content (AvgIpc) is 3.14. The molecule has 0 fully saturated rings. The molecule has 4 rings (SSSR count). The van der Waals surface area contributed by atoms with Crippen LogP contribution in [0, 0.1) is 20.8 Å². The molecule has 35 heavy (non-hydrogen) atoms. The van der Waals surface area contributed by atoms with Crippen molar-refractivity contribution >= 4 is 28.1 Å². The minimum absolute atomic E-state index is 0.155. The average molecular weight is 488 g/mol. The lowest BCUT2D eigenvalue weighted by atomic mass is 9.95. The quantitative estimate of drug-likeness (QED) is 0.295. The van der Waals surface area contributed by atoms with E-state index in [0.717, 1.165) is 38.1 Å². The van der Waals surface area contributed by atoms with Crippen LogP contribution in [0.15, 0.2) is 66.7 Å². The third-order valence-electron chi connectivity index (χ3n) is 5.91. The highest BCUT2D eigenvalue weighted by Crippen LogP contribution is 2.45. The predicted molar refractivity (Wildman–Crippen MR) is 142 cm³/mol. The largest absolute Gasteiger partial charge is 0.493 e. The number of ether oxygens (including phenoxy) is 2. The van der Waals surface area contributed by atoms with Gasteiger partial charge < -0.3 is 20.1 Å². The van der Waals surface area contributed by atoms with Crippen LogP contribution in [0.25, 0.3) is 0 Å². The van der Waals surface area contributed by atoms with Crippen LogP contribution in [0.3, 0.4) is 0 Å². The molecule has 6 nitrogen and oxygen atoms in total. The van der Waals surface area contributed by atoms with Crippen LogP contribution in [0.4, 0.5) is 10.8 Å². The van der Waals surface area contributed by atoms with Gasteiger partial charge in [-0.25, -0.2) is 4.98 Å². The lowest BCUT2D eigenvalue weighted by Gasteiger charge is -2.25. The summed E-state index contributed by atoms with van der Waals surface area (Å²) in [6, 6.07) is 20.5. The third-order valence-corrected chi connectivity index (χ3v) is 7.05. The van der Waals surface area contributed by atoms with Crippen LogP contribution >= 0.6 is 11.3 Å². The number of hydrogen-bond acceptors (Lipinski definition) is 6. The first-order valence-corrected chi connectivity index (χ1v) is 12.1. The minimum atomic E-state index is -0.356. The van der Waals surface area contributed by atoms with Crippen LogP contribution in [0.1, 0.15) is 43.7 Å². The first-order chi connectivity index (χ1) is 16.9. The van der Waals surface area contributed by atoms with Crippen molar-refractivity contribution in [3.05, 3.63) is 99.6 Å². The molecule has 0 bridgehead atoms. The molecule has 180 valence electrons. The zero-order valence-electron chi connectivity index (χ0n) is 20.5. The van der Waals surface area contributed by atoms with E-state index in [0.29, 0.717) is 17.1 Å². The highest BCUT2D eigenvalue weighted by atomic mass is 32.1. The fourth-order valence-electron chi connectivity index (χ4n) is 4.07. The van der Waals surface area contributed by atoms with E-state index in [4.69, 9.17) is 9.47 Å². The number of thiophene rings is 1. The van der Waals surface area contributed by atoms with E-state index in [9.17, 15) is 4.79 Å². The number of rotatable bonds is 8. The summed E-state index contributed by atoms with van der Waals surface area (Å²) in [7, 11) is 3.25. The molecule has 4 aromatic rings. The fourth-order valence-corrected chi connectivity index (χ4v) is 5.16. The summed E-state index contributed by atoms with van der Waals surface area (Å²) < 4.78 is 11.4. The van der Waals surface area contributed by atoms with Crippen molar-refractivity contribution < 1.29 is 14.3 Å². The number of benzene rings is 2. The number of pyridine rings is 1. The number of aryl methyl sites for hydroxylation is 2. The van der Waals surface area contributed by atoms with Gasteiger partial charge in [-0.2, -0.15) is 0 Å². The smallest absolute Gasteiger partial charge is 0.256 e. The number of hydrogen-bond donors (Lipinski definition) is 2. The summed E-state index contributed by atoms with van der Waals surface area (Å²) >= 11 is 1.56. The van der Waals surface area contributed by atoms with Gasteiger partial charge >= 0.3 is 0 Å². The van der Waals surface area contributed by atoms with Crippen molar-refractivity contribution in [2.24, 2.45) is 0 Å². The number of aromatic nitrogens is 1. The number of methoxy groups -OCH3 is 2. The zero-order chi connectivity index (χ0) is 24.9. The Labute approximate surface area is 210 Å². The SMILES string of the molecule is COc1cccc(C(Nc2cccc(C)n2)c2c(NC(=O)c3ccccc3)sc(C)c2C)c1OC. The van der Waals surface area contributed by atoms with Gasteiger partial charge in [-0.15, -0.1) is 11.3 Å². The summed E-state index contributed by atoms with van der Waals surface area (Å²) in [5.41, 5.74) is 4.44. The Bertz CT molecular complexity index is 1330. The molecule has 0 spiro atoms. The van der Waals surface area contributed by atoms with E-state index in [1.54, 1.807) is 37.7 Å². The molecule has 0 aliphatic heterocycles. The maximum atomic E-state index is 13.1. The van der Waals surface area contributed by atoms with E-state index >= 15 is 0 Å². The molecule has 0 saturated carbocycles. The van der Waals surface area contributed by atoms with E-state index in [-0.39, 0.29) is 11.9 Å². The van der Waals surface area contributed by atoms with Gasteiger partial charge in [-0.05, 0) is 56.7 Å². The second-order valence-corrected chi connectivity index (χ2v) is 9.40. The standard InChI is InChI=1S/C28H29N3O3S/c1-17-11-9-16-23(29-17)30-25(21-14-10-15-22(33-4)26(21)34-5)24-18(2)19(3)35-28(24)31-27(32)20-12-7-6-8-13-20/h6-16,25H,1-5H3,(H,29,30)(H,31,32). The second-order valence-electron chi connectivity index (χ2n) is 8.17. The maximum absolute atomic E-state index is 13.1. The van der Waals surface area contributed by atoms with Crippen molar-refractivity contribution in [1.82, 2.24) is 4.98 Å². The van der Waals surface area contributed by atoms with Gasteiger partial charge in [0.05, 0.1) is 20.3 Å². The van der Waals surface area contributed by atoms with E-state index < -0.39 is 0 Å². The van der Waals surface area contributed by atoms with Crippen LogP contribution in [0.5, 0.6) is 11.5 Å². The molecule has 0 saturated heterocycles. The molecule has 2 heterocycles. The van der Waals surface area contributed by atoms with Gasteiger partial charge in [0.25, 0.3) is 5.91 Å². The molecular weight excluding hydrogens is 458 g/mol. The Hall–Kier alpha value is -3.84. The lowest BCUT2D eigenvalue weighted by Crippen LogP contribution is -2.18. The van der Waals surface area contributed by atoms with Crippen molar-refractivity contribution in [3.8, 4) is 11.5 Å². The molecule has 2 aromatic carbocycles. The van der Waals surface area contributed by atoms with Crippen LogP contribution in [-0.2, 0) is 0 Å². The molecule has 2 N–H and O–H groups in total. The Morgan fingerprint density at radius 3 is 2.34 bits per heavy atom. The highest BCUT2D eigenvalue weighted by molar-refractivity contribution is 7.16. The summed E-state index contributed by atoms with van der Waals surface area (Å²) in [5.74, 6) is 1.83. The number of carbonyl (C=O) groups is 1. The maximum Gasteiger partial charge on any atom is 0.256 e. The summed E-state index contributed by atoms with van der Waals surface area (Å²) in [4.78, 5) is 18.9. The zero-order valence-corrected chi connectivity index (χ0v) is 21.3. The molecular formula is C28H29N3O3S. The molecule has 7 heteroatoms. The molecule has 1 amide bonds. The van der Waals surface area contributed by atoms with Crippen LogP contribution < -0.4 is 20.1 Å². The molecule has 0 aliphatic carbocycles. The van der Waals surface area contributed by atoms with Crippen LogP contribution in [-0.4, -0.2) is 25.1 Å². The van der Waals surface area contributed by atoms with Crippen molar-refractivity contribution in [3.63, 3.8) is 0 Å². The summed E-state index contributed by atoms with van der Waals surface area (Å²) in [6.45, 7) is 6.09. The molecule has 1 atom stereocenters. The lowest BCUT2D eigenvalue weighted by molar-refractivity contribution is 0.102. The molecule has 0 aliphatic rings. The van der Waals surface area contributed by atoms with E-state index in [2.05, 4.69) is 29.5 Å².